The molecule has 15 heavy (non-hydrogen) atoms. The van der Waals surface area contributed by atoms with Gasteiger partial charge in [-0.3, -0.25) is 4.79 Å². The van der Waals surface area contributed by atoms with Crippen LogP contribution in [-0.4, -0.2) is 32.9 Å². The zero-order valence-corrected chi connectivity index (χ0v) is 9.60. The first-order chi connectivity index (χ1) is 7.13. The molecule has 7 heteroatoms. The lowest BCUT2D eigenvalue weighted by atomic mass is 10.4. The average Bonchev–Trinajstić information content (AvgIpc) is 2.60. The number of H-pyrrole nitrogens is 1. The minimum Gasteiger partial charge on any atom is -0.368 e. The number of aromatic nitrogens is 3. The average molecular weight is 229 g/mol. The van der Waals surface area contributed by atoms with Gasteiger partial charge in [0.1, 0.15) is 0 Å². The molecule has 0 fully saturated rings. The highest BCUT2D eigenvalue weighted by Gasteiger charge is 2.15. The van der Waals surface area contributed by atoms with Crippen LogP contribution in [0.3, 0.4) is 0 Å². The summed E-state index contributed by atoms with van der Waals surface area (Å²) in [5.41, 5.74) is 5.37. The molecule has 1 atom stereocenters. The minimum absolute atomic E-state index is 0.00905. The van der Waals surface area contributed by atoms with Crippen molar-refractivity contribution in [1.82, 2.24) is 20.5 Å². The van der Waals surface area contributed by atoms with Gasteiger partial charge in [-0.25, -0.2) is 5.10 Å². The number of hydrogen-bond acceptors (Lipinski definition) is 5. The van der Waals surface area contributed by atoms with Gasteiger partial charge in [-0.1, -0.05) is 18.7 Å². The van der Waals surface area contributed by atoms with Crippen LogP contribution >= 0.6 is 11.8 Å². The van der Waals surface area contributed by atoms with Crippen molar-refractivity contribution >= 4 is 23.6 Å². The summed E-state index contributed by atoms with van der Waals surface area (Å²) in [4.78, 5) is 15.4. The van der Waals surface area contributed by atoms with E-state index in [0.29, 0.717) is 11.7 Å². The Kier molecular flexibility index (Phi) is 4.41. The van der Waals surface area contributed by atoms with E-state index in [1.165, 1.54) is 11.8 Å². The van der Waals surface area contributed by atoms with E-state index in [4.69, 9.17) is 5.73 Å². The Morgan fingerprint density at radius 2 is 2.47 bits per heavy atom. The van der Waals surface area contributed by atoms with Gasteiger partial charge in [0.15, 0.2) is 0 Å². The van der Waals surface area contributed by atoms with Crippen LogP contribution in [0.1, 0.15) is 20.3 Å². The summed E-state index contributed by atoms with van der Waals surface area (Å²) in [5, 5.41) is 9.44. The number of hydrogen-bond donors (Lipinski definition) is 3. The Balaban J connectivity index is 2.41. The molecule has 1 amide bonds. The summed E-state index contributed by atoms with van der Waals surface area (Å²) in [6, 6.07) is 0. The molecule has 0 saturated heterocycles. The van der Waals surface area contributed by atoms with Gasteiger partial charge in [0, 0.05) is 6.54 Å². The van der Waals surface area contributed by atoms with E-state index < -0.39 is 0 Å². The van der Waals surface area contributed by atoms with Crippen LogP contribution in [0.4, 0.5) is 5.95 Å². The largest absolute Gasteiger partial charge is 0.368 e. The molecule has 1 unspecified atom stereocenters. The first kappa shape index (κ1) is 11.8. The molecule has 0 radical (unpaired) electrons. The maximum Gasteiger partial charge on any atom is 0.233 e. The highest BCUT2D eigenvalue weighted by molar-refractivity contribution is 8.00. The van der Waals surface area contributed by atoms with Crippen LogP contribution in [0.15, 0.2) is 5.16 Å². The fourth-order valence-electron chi connectivity index (χ4n) is 0.914. The smallest absolute Gasteiger partial charge is 0.233 e. The molecule has 0 aliphatic heterocycles. The summed E-state index contributed by atoms with van der Waals surface area (Å²) in [5.74, 6) is 0.254. The van der Waals surface area contributed by atoms with Gasteiger partial charge < -0.3 is 11.1 Å². The Morgan fingerprint density at radius 3 is 3.00 bits per heavy atom. The molecule has 1 aromatic rings. The first-order valence-electron chi connectivity index (χ1n) is 4.75. The molecule has 0 aliphatic carbocycles. The molecule has 1 rings (SSSR count). The monoisotopic (exact) mass is 229 g/mol. The maximum atomic E-state index is 11.5. The Morgan fingerprint density at radius 1 is 1.73 bits per heavy atom. The number of nitrogens with one attached hydrogen (secondary N) is 2. The van der Waals surface area contributed by atoms with E-state index in [-0.39, 0.29) is 17.1 Å². The number of nitrogens with two attached hydrogens (primary N) is 1. The lowest BCUT2D eigenvalue weighted by Crippen LogP contribution is -2.31. The van der Waals surface area contributed by atoms with Crippen molar-refractivity contribution in [3.63, 3.8) is 0 Å². The molecule has 1 heterocycles. The van der Waals surface area contributed by atoms with E-state index in [1.807, 2.05) is 13.8 Å². The van der Waals surface area contributed by atoms with Crippen molar-refractivity contribution in [2.45, 2.75) is 30.7 Å². The second kappa shape index (κ2) is 5.59. The second-order valence-corrected chi connectivity index (χ2v) is 4.36. The topological polar surface area (TPSA) is 96.7 Å². The summed E-state index contributed by atoms with van der Waals surface area (Å²) >= 11 is 1.28. The van der Waals surface area contributed by atoms with Gasteiger partial charge in [-0.2, -0.15) is 4.98 Å². The van der Waals surface area contributed by atoms with E-state index >= 15 is 0 Å². The quantitative estimate of drug-likeness (QED) is 0.635. The molecular weight excluding hydrogens is 214 g/mol. The lowest BCUT2D eigenvalue weighted by Gasteiger charge is -2.08. The minimum atomic E-state index is -0.216. The zero-order valence-electron chi connectivity index (χ0n) is 8.78. The van der Waals surface area contributed by atoms with E-state index in [1.54, 1.807) is 0 Å². The summed E-state index contributed by atoms with van der Waals surface area (Å²) in [6.45, 7) is 4.51. The van der Waals surface area contributed by atoms with E-state index in [0.717, 1.165) is 6.42 Å². The molecule has 84 valence electrons. The third-order valence-corrected chi connectivity index (χ3v) is 2.64. The third kappa shape index (κ3) is 3.78. The number of aromatic amines is 1. The molecule has 1 aromatic heterocycles. The number of thioether (sulfide) groups is 1. The Bertz CT molecular complexity index is 327. The zero-order chi connectivity index (χ0) is 11.3. The van der Waals surface area contributed by atoms with Gasteiger partial charge in [0.05, 0.1) is 5.25 Å². The number of anilines is 1. The van der Waals surface area contributed by atoms with Crippen LogP contribution in [0.5, 0.6) is 0 Å². The van der Waals surface area contributed by atoms with Crippen LogP contribution in [0, 0.1) is 0 Å². The van der Waals surface area contributed by atoms with Crippen LogP contribution < -0.4 is 11.1 Å². The SMILES string of the molecule is CCCNC(=O)C(C)Sc1n[nH]c(N)n1. The maximum absolute atomic E-state index is 11.5. The predicted octanol–water partition coefficient (Wildman–Crippen LogP) is 0.394. The van der Waals surface area contributed by atoms with Crippen molar-refractivity contribution in [1.29, 1.82) is 0 Å². The van der Waals surface area contributed by atoms with Gasteiger partial charge in [-0.05, 0) is 13.3 Å². The molecule has 6 nitrogen and oxygen atoms in total. The molecule has 0 spiro atoms. The molecular formula is C8H15N5OS. The van der Waals surface area contributed by atoms with Crippen molar-refractivity contribution in [2.24, 2.45) is 0 Å². The fourth-order valence-corrected chi connectivity index (χ4v) is 1.67. The lowest BCUT2D eigenvalue weighted by molar-refractivity contribution is -0.120. The van der Waals surface area contributed by atoms with Gasteiger partial charge in [0.25, 0.3) is 0 Å². The number of carbonyl (C=O) groups is 1. The molecule has 0 aliphatic rings. The molecule has 0 aromatic carbocycles. The third-order valence-electron chi connectivity index (χ3n) is 1.68. The Labute approximate surface area is 92.4 Å². The van der Waals surface area contributed by atoms with E-state index in [9.17, 15) is 4.79 Å². The first-order valence-corrected chi connectivity index (χ1v) is 5.63. The van der Waals surface area contributed by atoms with E-state index in [2.05, 4.69) is 20.5 Å². The number of amides is 1. The normalized spacial score (nSPS) is 12.4. The number of nitrogens with zero attached hydrogens (tertiary/aromatic N) is 2. The van der Waals surface area contributed by atoms with Crippen molar-refractivity contribution in [3.05, 3.63) is 0 Å². The number of rotatable bonds is 5. The Hall–Kier alpha value is -1.24. The van der Waals surface area contributed by atoms with Gasteiger partial charge >= 0.3 is 0 Å². The highest BCUT2D eigenvalue weighted by atomic mass is 32.2. The number of nitrogen functional groups attached to an aromatic ring is 1. The van der Waals surface area contributed by atoms with Crippen molar-refractivity contribution in [3.8, 4) is 0 Å². The van der Waals surface area contributed by atoms with Crippen molar-refractivity contribution in [2.75, 3.05) is 12.3 Å². The van der Waals surface area contributed by atoms with Gasteiger partial charge in [0.2, 0.25) is 17.0 Å². The molecule has 4 N–H and O–H groups in total. The van der Waals surface area contributed by atoms with Gasteiger partial charge in [-0.15, -0.1) is 5.10 Å². The standard InChI is InChI=1S/C8H15N5OS/c1-3-4-10-6(14)5(2)15-8-11-7(9)12-13-8/h5H,3-4H2,1-2H3,(H,10,14)(H3,9,11,12,13). The van der Waals surface area contributed by atoms with Crippen LogP contribution in [-0.2, 0) is 4.79 Å². The highest BCUT2D eigenvalue weighted by Crippen LogP contribution is 2.19. The summed E-state index contributed by atoms with van der Waals surface area (Å²) < 4.78 is 0. The second-order valence-electron chi connectivity index (χ2n) is 3.05. The number of carbonyl (C=O) groups excluding carboxylic acids is 1. The van der Waals surface area contributed by atoms with Crippen molar-refractivity contribution < 1.29 is 4.79 Å². The molecule has 0 bridgehead atoms. The summed E-state index contributed by atoms with van der Waals surface area (Å²) in [7, 11) is 0. The van der Waals surface area contributed by atoms with Crippen LogP contribution in [0.2, 0.25) is 0 Å². The predicted molar refractivity (Wildman–Crippen MR) is 59.4 cm³/mol. The molecule has 0 saturated carbocycles. The fraction of sp³-hybridized carbons (Fsp3) is 0.625. The summed E-state index contributed by atoms with van der Waals surface area (Å²) in [6.07, 6.45) is 0.927. The van der Waals surface area contributed by atoms with Crippen LogP contribution in [0.25, 0.3) is 0 Å².